The van der Waals surface area contributed by atoms with Crippen LogP contribution in [0.25, 0.3) is 0 Å². The highest BCUT2D eigenvalue weighted by atomic mass is 35.5. The van der Waals surface area contributed by atoms with E-state index in [4.69, 9.17) is 50.2 Å². The lowest BCUT2D eigenvalue weighted by atomic mass is 9.73. The van der Waals surface area contributed by atoms with Gasteiger partial charge in [-0.3, -0.25) is 29.0 Å². The van der Waals surface area contributed by atoms with Crippen molar-refractivity contribution in [3.63, 3.8) is 0 Å². The molecule has 0 bridgehead atoms. The first kappa shape index (κ1) is 28.2. The zero-order valence-corrected chi connectivity index (χ0v) is 22.5. The second-order valence-electron chi connectivity index (χ2n) is 7.99. The molecule has 12 nitrogen and oxygen atoms in total. The molecule has 2 saturated heterocycles. The summed E-state index contributed by atoms with van der Waals surface area (Å²) in [6.07, 6.45) is 0. The standard InChI is InChI=1S/C22H23ClN4O8S2/c1-5-34-12(28)8-35-16-10(23)6-9(7-11(16)33-4)13(14-17(29)24-21(36)26(2)19(14)31)15-18(30)25-22(37)27(3)20(15)32/h6-7,13-15H,5,8H2,1-4H3,(H,24,29,36)(H,25,30,37). The van der Waals surface area contributed by atoms with Gasteiger partial charge in [0.25, 0.3) is 0 Å². The highest BCUT2D eigenvalue weighted by Gasteiger charge is 2.52. The van der Waals surface area contributed by atoms with Crippen molar-refractivity contribution in [2.75, 3.05) is 34.4 Å². The molecule has 1 aromatic carbocycles. The van der Waals surface area contributed by atoms with E-state index in [0.717, 1.165) is 9.80 Å². The van der Waals surface area contributed by atoms with Gasteiger partial charge >= 0.3 is 5.97 Å². The Balaban J connectivity index is 2.15. The number of thiocarbonyl (C=S) groups is 2. The van der Waals surface area contributed by atoms with E-state index in [1.807, 2.05) is 0 Å². The molecule has 1 aromatic rings. The highest BCUT2D eigenvalue weighted by molar-refractivity contribution is 7.80. The van der Waals surface area contributed by atoms with Crippen LogP contribution >= 0.6 is 36.0 Å². The lowest BCUT2D eigenvalue weighted by molar-refractivity contribution is -0.147. The van der Waals surface area contributed by atoms with E-state index in [2.05, 4.69) is 10.6 Å². The zero-order chi connectivity index (χ0) is 27.6. The van der Waals surface area contributed by atoms with Crippen molar-refractivity contribution in [3.05, 3.63) is 22.7 Å². The maximum absolute atomic E-state index is 13.3. The van der Waals surface area contributed by atoms with E-state index in [-0.39, 0.29) is 38.9 Å². The van der Waals surface area contributed by atoms with E-state index in [9.17, 15) is 24.0 Å². The van der Waals surface area contributed by atoms with Gasteiger partial charge in [-0.25, -0.2) is 4.79 Å². The van der Waals surface area contributed by atoms with Gasteiger partial charge in [0.05, 0.1) is 18.7 Å². The van der Waals surface area contributed by atoms with Crippen molar-refractivity contribution >= 4 is 75.9 Å². The Hall–Kier alpha value is -3.36. The summed E-state index contributed by atoms with van der Waals surface area (Å²) in [7, 11) is 4.02. The average Bonchev–Trinajstić information content (AvgIpc) is 2.84. The Morgan fingerprint density at radius 2 is 1.54 bits per heavy atom. The number of halogens is 1. The van der Waals surface area contributed by atoms with Gasteiger partial charge < -0.3 is 24.8 Å². The SMILES string of the molecule is CCOC(=O)COc1c(Cl)cc(C(C2C(=O)NC(=S)N(C)C2=O)C2C(=O)NC(=S)N(C)C2=O)cc1OC. The number of esters is 1. The molecule has 4 amide bonds. The molecule has 2 atom stereocenters. The zero-order valence-electron chi connectivity index (χ0n) is 20.2. The van der Waals surface area contributed by atoms with Crippen LogP contribution in [0.2, 0.25) is 5.02 Å². The third kappa shape index (κ3) is 5.50. The second-order valence-corrected chi connectivity index (χ2v) is 9.17. The molecule has 15 heteroatoms. The summed E-state index contributed by atoms with van der Waals surface area (Å²) in [4.78, 5) is 66.5. The van der Waals surface area contributed by atoms with Gasteiger partial charge in [0.1, 0.15) is 11.8 Å². The molecule has 2 fully saturated rings. The molecule has 37 heavy (non-hydrogen) atoms. The average molecular weight is 571 g/mol. The first-order chi connectivity index (χ1) is 17.4. The number of ether oxygens (including phenoxy) is 3. The summed E-state index contributed by atoms with van der Waals surface area (Å²) < 4.78 is 15.7. The molecule has 2 aliphatic rings. The summed E-state index contributed by atoms with van der Waals surface area (Å²) in [5, 5.41) is 4.53. The molecule has 0 aliphatic carbocycles. The number of benzene rings is 1. The molecule has 2 heterocycles. The molecule has 0 spiro atoms. The normalized spacial score (nSPS) is 20.9. The molecule has 198 valence electrons. The number of amides is 4. The van der Waals surface area contributed by atoms with Crippen molar-refractivity contribution in [1.29, 1.82) is 0 Å². The van der Waals surface area contributed by atoms with Gasteiger partial charge in [0.15, 0.2) is 28.3 Å². The van der Waals surface area contributed by atoms with Crippen LogP contribution in [0.5, 0.6) is 11.5 Å². The van der Waals surface area contributed by atoms with E-state index in [1.54, 1.807) is 6.92 Å². The van der Waals surface area contributed by atoms with Gasteiger partial charge in [-0.2, -0.15) is 0 Å². The van der Waals surface area contributed by atoms with E-state index in [1.165, 1.54) is 33.3 Å². The number of carbonyl (C=O) groups is 5. The van der Waals surface area contributed by atoms with E-state index >= 15 is 0 Å². The topological polar surface area (TPSA) is 144 Å². The smallest absolute Gasteiger partial charge is 0.344 e. The lowest BCUT2D eigenvalue weighted by Crippen LogP contribution is -2.62. The number of methoxy groups -OCH3 is 1. The van der Waals surface area contributed by atoms with Crippen LogP contribution in [0.4, 0.5) is 0 Å². The minimum Gasteiger partial charge on any atom is -0.493 e. The van der Waals surface area contributed by atoms with Crippen LogP contribution in [-0.4, -0.2) is 84.0 Å². The van der Waals surface area contributed by atoms with Crippen molar-refractivity contribution in [2.24, 2.45) is 11.8 Å². The van der Waals surface area contributed by atoms with Gasteiger partial charge in [-0.05, 0) is 49.1 Å². The Morgan fingerprint density at radius 3 is 2.00 bits per heavy atom. The van der Waals surface area contributed by atoms with E-state index in [0.29, 0.717) is 0 Å². The van der Waals surface area contributed by atoms with Crippen LogP contribution in [-0.2, 0) is 28.7 Å². The Kier molecular flexibility index (Phi) is 8.66. The molecule has 0 radical (unpaired) electrons. The fraction of sp³-hybridized carbons (Fsp3) is 0.409. The maximum atomic E-state index is 13.3. The predicted octanol–water partition coefficient (Wildman–Crippen LogP) is 0.353. The number of carbonyl (C=O) groups excluding carboxylic acids is 5. The highest BCUT2D eigenvalue weighted by Crippen LogP contribution is 2.44. The monoisotopic (exact) mass is 570 g/mol. The molecule has 2 unspecified atom stereocenters. The van der Waals surface area contributed by atoms with Gasteiger partial charge in [0, 0.05) is 20.0 Å². The van der Waals surface area contributed by atoms with Crippen LogP contribution in [0.1, 0.15) is 18.4 Å². The fourth-order valence-corrected chi connectivity index (χ4v) is 4.65. The Morgan fingerprint density at radius 1 is 1.03 bits per heavy atom. The number of hydrogen-bond acceptors (Lipinski definition) is 10. The molecule has 3 rings (SSSR count). The minimum absolute atomic E-state index is 0.0184. The summed E-state index contributed by atoms with van der Waals surface area (Å²) in [5.74, 6) is -8.12. The molecule has 0 saturated carbocycles. The van der Waals surface area contributed by atoms with Crippen molar-refractivity contribution in [2.45, 2.75) is 12.8 Å². The van der Waals surface area contributed by atoms with Crippen LogP contribution < -0.4 is 20.1 Å². The third-order valence-corrected chi connectivity index (χ3v) is 6.85. The Bertz CT molecular complexity index is 1160. The Labute approximate surface area is 227 Å². The number of nitrogens with zero attached hydrogens (tertiary/aromatic N) is 2. The summed E-state index contributed by atoms with van der Waals surface area (Å²) in [6.45, 7) is 1.32. The van der Waals surface area contributed by atoms with Crippen molar-refractivity contribution in [3.8, 4) is 11.5 Å². The second kappa shape index (κ2) is 11.4. The first-order valence-electron chi connectivity index (χ1n) is 10.8. The largest absolute Gasteiger partial charge is 0.493 e. The summed E-state index contributed by atoms with van der Waals surface area (Å²) in [5.41, 5.74) is 0.148. The number of rotatable bonds is 8. The minimum atomic E-state index is -1.54. The third-order valence-electron chi connectivity index (χ3n) is 5.82. The number of hydrogen-bond donors (Lipinski definition) is 2. The molecule has 2 aliphatic heterocycles. The molecule has 2 N–H and O–H groups in total. The summed E-state index contributed by atoms with van der Waals surface area (Å²) >= 11 is 16.5. The van der Waals surface area contributed by atoms with Gasteiger partial charge in [-0.15, -0.1) is 0 Å². The van der Waals surface area contributed by atoms with Crippen LogP contribution in [0.15, 0.2) is 12.1 Å². The molecular weight excluding hydrogens is 548 g/mol. The van der Waals surface area contributed by atoms with Gasteiger partial charge in [-0.1, -0.05) is 11.6 Å². The predicted molar refractivity (Wildman–Crippen MR) is 137 cm³/mol. The quantitative estimate of drug-likeness (QED) is 0.255. The first-order valence-corrected chi connectivity index (χ1v) is 12.0. The van der Waals surface area contributed by atoms with Crippen molar-refractivity contribution in [1.82, 2.24) is 20.4 Å². The van der Waals surface area contributed by atoms with Gasteiger partial charge in [0.2, 0.25) is 23.6 Å². The van der Waals surface area contributed by atoms with E-state index < -0.39 is 54.0 Å². The molecular formula is C22H23ClN4O8S2. The summed E-state index contributed by atoms with van der Waals surface area (Å²) in [6, 6.07) is 2.70. The van der Waals surface area contributed by atoms with Crippen LogP contribution in [0, 0.1) is 11.8 Å². The van der Waals surface area contributed by atoms with Crippen molar-refractivity contribution < 1.29 is 38.2 Å². The lowest BCUT2D eigenvalue weighted by Gasteiger charge is -2.39. The molecule has 0 aromatic heterocycles. The van der Waals surface area contributed by atoms with Crippen LogP contribution in [0.3, 0.4) is 0 Å². The number of nitrogens with one attached hydrogen (secondary N) is 2. The maximum Gasteiger partial charge on any atom is 0.344 e. The fourth-order valence-electron chi connectivity index (χ4n) is 3.99.